The molecule has 0 bridgehead atoms. The van der Waals surface area contributed by atoms with Gasteiger partial charge in [0.1, 0.15) is 5.75 Å². The van der Waals surface area contributed by atoms with Gasteiger partial charge in [-0.3, -0.25) is 10.1 Å². The predicted octanol–water partition coefficient (Wildman–Crippen LogP) is 3.43. The minimum absolute atomic E-state index is 0.0662. The molecule has 0 saturated heterocycles. The van der Waals surface area contributed by atoms with Gasteiger partial charge in [0, 0.05) is 24.6 Å². The van der Waals surface area contributed by atoms with E-state index in [1.165, 1.54) is 17.7 Å². The Morgan fingerprint density at radius 3 is 2.64 bits per heavy atom. The van der Waals surface area contributed by atoms with Gasteiger partial charge in [0.2, 0.25) is 0 Å². The molecule has 1 unspecified atom stereocenters. The SMILES string of the molecule is CNC(CCOc1ccc([N+](=O)[O-])cc1)c1cc[c]c(C)c1. The molecule has 5 heteroatoms. The van der Waals surface area contributed by atoms with E-state index in [-0.39, 0.29) is 11.7 Å². The van der Waals surface area contributed by atoms with Crippen LogP contribution in [0.1, 0.15) is 23.6 Å². The molecular weight excluding hydrogens is 280 g/mol. The van der Waals surface area contributed by atoms with Crippen molar-refractivity contribution < 1.29 is 9.66 Å². The van der Waals surface area contributed by atoms with Crippen LogP contribution >= 0.6 is 0 Å². The van der Waals surface area contributed by atoms with Gasteiger partial charge in [-0.2, -0.15) is 0 Å². The number of aryl methyl sites for hydroxylation is 1. The Morgan fingerprint density at radius 1 is 1.32 bits per heavy atom. The first-order valence-electron chi connectivity index (χ1n) is 7.13. The molecular formula is C17H19N2O3. The zero-order valence-corrected chi connectivity index (χ0v) is 12.7. The Bertz CT molecular complexity index is 626. The van der Waals surface area contributed by atoms with Gasteiger partial charge >= 0.3 is 0 Å². The summed E-state index contributed by atoms with van der Waals surface area (Å²) >= 11 is 0. The standard InChI is InChI=1S/C17H19N2O3/c1-13-4-3-5-14(12-13)17(18-2)10-11-22-16-8-6-15(7-9-16)19(20)21/h3,5-9,12,17-18H,10-11H2,1-2H3. The van der Waals surface area contributed by atoms with E-state index in [4.69, 9.17) is 4.74 Å². The maximum Gasteiger partial charge on any atom is 0.269 e. The zero-order valence-electron chi connectivity index (χ0n) is 12.7. The van der Waals surface area contributed by atoms with Gasteiger partial charge < -0.3 is 10.1 Å². The van der Waals surface area contributed by atoms with Crippen molar-refractivity contribution in [3.8, 4) is 5.75 Å². The van der Waals surface area contributed by atoms with Crippen LogP contribution in [0.5, 0.6) is 5.75 Å². The van der Waals surface area contributed by atoms with Gasteiger partial charge in [-0.05, 0) is 43.3 Å². The highest BCUT2D eigenvalue weighted by Gasteiger charge is 2.10. The third-order valence-electron chi connectivity index (χ3n) is 3.44. The molecule has 1 atom stereocenters. The Kier molecular flexibility index (Phi) is 5.49. The predicted molar refractivity (Wildman–Crippen MR) is 85.0 cm³/mol. The minimum Gasteiger partial charge on any atom is -0.494 e. The van der Waals surface area contributed by atoms with Crippen LogP contribution in [-0.2, 0) is 0 Å². The molecule has 0 amide bonds. The molecule has 0 aromatic heterocycles. The third kappa shape index (κ3) is 4.30. The first kappa shape index (κ1) is 16.0. The minimum atomic E-state index is -0.421. The van der Waals surface area contributed by atoms with Gasteiger partial charge in [0.25, 0.3) is 5.69 Å². The number of nitrogens with zero attached hydrogens (tertiary/aromatic N) is 1. The van der Waals surface area contributed by atoms with Crippen LogP contribution in [0.2, 0.25) is 0 Å². The smallest absolute Gasteiger partial charge is 0.269 e. The van der Waals surface area contributed by atoms with Crippen molar-refractivity contribution in [1.29, 1.82) is 0 Å². The first-order chi connectivity index (χ1) is 10.6. The van der Waals surface area contributed by atoms with Gasteiger partial charge in [-0.15, -0.1) is 0 Å². The number of hydrogen-bond donors (Lipinski definition) is 1. The summed E-state index contributed by atoms with van der Waals surface area (Å²) < 4.78 is 5.65. The molecule has 2 aromatic carbocycles. The number of non-ortho nitro benzene ring substituents is 1. The molecule has 5 nitrogen and oxygen atoms in total. The van der Waals surface area contributed by atoms with Gasteiger partial charge in [0.15, 0.2) is 0 Å². The number of nitro benzene ring substituents is 1. The second-order valence-electron chi connectivity index (χ2n) is 5.03. The fourth-order valence-electron chi connectivity index (χ4n) is 2.26. The lowest BCUT2D eigenvalue weighted by Gasteiger charge is -2.17. The molecule has 1 N–H and O–H groups in total. The number of benzene rings is 2. The van der Waals surface area contributed by atoms with Gasteiger partial charge in [0.05, 0.1) is 11.5 Å². The van der Waals surface area contributed by atoms with Gasteiger partial charge in [-0.1, -0.05) is 18.2 Å². The van der Waals surface area contributed by atoms with Crippen molar-refractivity contribution >= 4 is 5.69 Å². The quantitative estimate of drug-likeness (QED) is 0.628. The van der Waals surface area contributed by atoms with Crippen LogP contribution in [0.3, 0.4) is 0 Å². The maximum atomic E-state index is 10.6. The van der Waals surface area contributed by atoms with Crippen LogP contribution in [0, 0.1) is 23.1 Å². The monoisotopic (exact) mass is 299 g/mol. The van der Waals surface area contributed by atoms with E-state index in [9.17, 15) is 10.1 Å². The second kappa shape index (κ2) is 7.56. The van der Waals surface area contributed by atoms with Crippen LogP contribution < -0.4 is 10.1 Å². The van der Waals surface area contributed by atoms with E-state index in [1.807, 2.05) is 26.1 Å². The highest BCUT2D eigenvalue weighted by molar-refractivity contribution is 5.36. The summed E-state index contributed by atoms with van der Waals surface area (Å²) in [6, 6.07) is 15.5. The normalized spacial score (nSPS) is 11.9. The highest BCUT2D eigenvalue weighted by Crippen LogP contribution is 2.20. The van der Waals surface area contributed by atoms with Crippen LogP contribution in [0.4, 0.5) is 5.69 Å². The largest absolute Gasteiger partial charge is 0.494 e. The van der Waals surface area contributed by atoms with E-state index in [0.29, 0.717) is 12.4 Å². The van der Waals surface area contributed by atoms with Crippen molar-refractivity contribution in [2.45, 2.75) is 19.4 Å². The Labute approximate surface area is 130 Å². The topological polar surface area (TPSA) is 64.4 Å². The Hall–Kier alpha value is -2.40. The summed E-state index contributed by atoms with van der Waals surface area (Å²) in [7, 11) is 1.92. The summed E-state index contributed by atoms with van der Waals surface area (Å²) in [5.74, 6) is 0.637. The van der Waals surface area contributed by atoms with Crippen molar-refractivity contribution in [2.75, 3.05) is 13.7 Å². The van der Waals surface area contributed by atoms with Crippen LogP contribution in [-0.4, -0.2) is 18.6 Å². The summed E-state index contributed by atoms with van der Waals surface area (Å²) in [6.07, 6.45) is 0.803. The van der Waals surface area contributed by atoms with Crippen LogP contribution in [0.25, 0.3) is 0 Å². The molecule has 0 aliphatic rings. The fourth-order valence-corrected chi connectivity index (χ4v) is 2.26. The van der Waals surface area contributed by atoms with Crippen molar-refractivity contribution in [1.82, 2.24) is 5.32 Å². The molecule has 2 rings (SSSR count). The number of nitrogens with one attached hydrogen (secondary N) is 1. The van der Waals surface area contributed by atoms with E-state index < -0.39 is 4.92 Å². The van der Waals surface area contributed by atoms with E-state index in [2.05, 4.69) is 17.4 Å². The first-order valence-corrected chi connectivity index (χ1v) is 7.13. The van der Waals surface area contributed by atoms with Crippen molar-refractivity contribution in [3.63, 3.8) is 0 Å². The molecule has 0 saturated carbocycles. The second-order valence-corrected chi connectivity index (χ2v) is 5.03. The molecule has 0 heterocycles. The number of hydrogen-bond acceptors (Lipinski definition) is 4. The molecule has 0 spiro atoms. The maximum absolute atomic E-state index is 10.6. The molecule has 2 aromatic rings. The highest BCUT2D eigenvalue weighted by atomic mass is 16.6. The number of nitro groups is 1. The summed E-state index contributed by atoms with van der Waals surface area (Å²) in [4.78, 5) is 10.2. The average molecular weight is 299 g/mol. The lowest BCUT2D eigenvalue weighted by Crippen LogP contribution is -2.19. The molecule has 115 valence electrons. The Balaban J connectivity index is 1.90. The van der Waals surface area contributed by atoms with Crippen LogP contribution in [0.15, 0.2) is 42.5 Å². The lowest BCUT2D eigenvalue weighted by molar-refractivity contribution is -0.384. The average Bonchev–Trinajstić information content (AvgIpc) is 2.52. The van der Waals surface area contributed by atoms with E-state index >= 15 is 0 Å². The summed E-state index contributed by atoms with van der Waals surface area (Å²) in [5.41, 5.74) is 2.37. The van der Waals surface area contributed by atoms with Gasteiger partial charge in [-0.25, -0.2) is 0 Å². The molecule has 0 fully saturated rings. The third-order valence-corrected chi connectivity index (χ3v) is 3.44. The van der Waals surface area contributed by atoms with Crippen molar-refractivity contribution in [3.05, 3.63) is 69.8 Å². The van der Waals surface area contributed by atoms with E-state index in [0.717, 1.165) is 12.0 Å². The molecule has 22 heavy (non-hydrogen) atoms. The molecule has 0 aliphatic carbocycles. The van der Waals surface area contributed by atoms with Crippen molar-refractivity contribution in [2.24, 2.45) is 0 Å². The molecule has 0 aliphatic heterocycles. The zero-order chi connectivity index (χ0) is 15.9. The Morgan fingerprint density at radius 2 is 2.05 bits per heavy atom. The number of ether oxygens (including phenoxy) is 1. The van der Waals surface area contributed by atoms with E-state index in [1.54, 1.807) is 12.1 Å². The summed E-state index contributed by atoms with van der Waals surface area (Å²) in [6.45, 7) is 2.55. The fraction of sp³-hybridized carbons (Fsp3) is 0.294. The molecule has 1 radical (unpaired) electrons. The summed E-state index contributed by atoms with van der Waals surface area (Å²) in [5, 5.41) is 13.9. The lowest BCUT2D eigenvalue weighted by atomic mass is 10.0. The number of rotatable bonds is 7.